The Bertz CT molecular complexity index is 522. The third-order valence-corrected chi connectivity index (χ3v) is 4.10. The molecular formula is C20H28O. The van der Waals surface area contributed by atoms with Crippen LogP contribution in [0.2, 0.25) is 0 Å². The first kappa shape index (κ1) is 17.4. The summed E-state index contributed by atoms with van der Waals surface area (Å²) in [5, 5.41) is 0. The summed E-state index contributed by atoms with van der Waals surface area (Å²) < 4.78 is 0. The monoisotopic (exact) mass is 284 g/mol. The lowest BCUT2D eigenvalue weighted by molar-refractivity contribution is -0.104. The minimum Gasteiger partial charge on any atom is -0.299 e. The van der Waals surface area contributed by atoms with E-state index in [4.69, 9.17) is 0 Å². The number of carbonyl (C=O) groups is 1. The second-order valence-electron chi connectivity index (χ2n) is 6.58. The Morgan fingerprint density at radius 2 is 1.76 bits per heavy atom. The Labute approximate surface area is 129 Å². The average Bonchev–Trinajstić information content (AvgIpc) is 2.37. The van der Waals surface area contributed by atoms with Crippen LogP contribution >= 0.6 is 0 Å². The van der Waals surface area contributed by atoms with Gasteiger partial charge in [-0.15, -0.1) is 0 Å². The summed E-state index contributed by atoms with van der Waals surface area (Å²) in [6.45, 7) is 10.9. The first-order valence-corrected chi connectivity index (χ1v) is 7.72. The lowest BCUT2D eigenvalue weighted by Crippen LogP contribution is -2.19. The summed E-state index contributed by atoms with van der Waals surface area (Å²) in [5.41, 5.74) is 5.48. The van der Waals surface area contributed by atoms with Crippen molar-refractivity contribution in [2.45, 2.75) is 53.9 Å². The van der Waals surface area contributed by atoms with E-state index in [-0.39, 0.29) is 5.41 Å². The Hall–Kier alpha value is -1.63. The van der Waals surface area contributed by atoms with Crippen molar-refractivity contribution in [3.63, 3.8) is 0 Å². The fraction of sp³-hybridized carbons (Fsp3) is 0.450. The fourth-order valence-electron chi connectivity index (χ4n) is 2.80. The zero-order valence-corrected chi connectivity index (χ0v) is 14.1. The van der Waals surface area contributed by atoms with Crippen molar-refractivity contribution in [3.8, 4) is 0 Å². The number of carbonyl (C=O) groups excluding carboxylic acids is 1. The fourth-order valence-corrected chi connectivity index (χ4v) is 2.80. The van der Waals surface area contributed by atoms with Crippen molar-refractivity contribution in [3.05, 3.63) is 58.7 Å². The van der Waals surface area contributed by atoms with Gasteiger partial charge < -0.3 is 0 Å². The van der Waals surface area contributed by atoms with Crippen molar-refractivity contribution in [2.24, 2.45) is 5.41 Å². The van der Waals surface area contributed by atoms with E-state index in [0.717, 1.165) is 11.9 Å². The van der Waals surface area contributed by atoms with Gasteiger partial charge >= 0.3 is 0 Å². The van der Waals surface area contributed by atoms with Crippen LogP contribution in [-0.4, -0.2) is 6.29 Å². The summed E-state index contributed by atoms with van der Waals surface area (Å²) >= 11 is 0. The van der Waals surface area contributed by atoms with Crippen LogP contribution in [0.15, 0.2) is 58.7 Å². The Kier molecular flexibility index (Phi) is 6.61. The predicted molar refractivity (Wildman–Crippen MR) is 92.2 cm³/mol. The number of rotatable bonds is 5. The summed E-state index contributed by atoms with van der Waals surface area (Å²) in [6, 6.07) is 0. The van der Waals surface area contributed by atoms with Gasteiger partial charge in [-0.05, 0) is 62.7 Å². The predicted octanol–water partition coefficient (Wildman–Crippen LogP) is 5.72. The molecule has 1 nitrogen and oxygen atoms in total. The molecule has 0 bridgehead atoms. The molecule has 0 aromatic carbocycles. The molecule has 0 saturated carbocycles. The highest BCUT2D eigenvalue weighted by Gasteiger charge is 2.26. The van der Waals surface area contributed by atoms with Gasteiger partial charge in [0.1, 0.15) is 6.29 Å². The van der Waals surface area contributed by atoms with Crippen LogP contribution in [0.5, 0.6) is 0 Å². The molecule has 0 radical (unpaired) electrons. The van der Waals surface area contributed by atoms with E-state index in [9.17, 15) is 4.79 Å². The van der Waals surface area contributed by atoms with Crippen LogP contribution in [0.1, 0.15) is 53.9 Å². The van der Waals surface area contributed by atoms with E-state index in [1.54, 1.807) is 6.08 Å². The lowest BCUT2D eigenvalue weighted by Gasteiger charge is -2.32. The van der Waals surface area contributed by atoms with Crippen LogP contribution in [-0.2, 0) is 4.79 Å². The Balaban J connectivity index is 2.80. The van der Waals surface area contributed by atoms with Crippen LogP contribution in [0.25, 0.3) is 0 Å². The molecule has 0 heterocycles. The van der Waals surface area contributed by atoms with E-state index in [1.807, 2.05) is 19.1 Å². The first-order valence-electron chi connectivity index (χ1n) is 7.72. The summed E-state index contributed by atoms with van der Waals surface area (Å²) in [5.74, 6) is 0. The standard InChI is InChI=1S/C20H28O/c1-16(8-6-9-17(2)13-15-21)11-12-19-18(3)10-7-14-20(19,4)5/h6,8-9,11-13,15H,7,10,14H2,1-5H3/b9-6+,12-11+,16-8-,17-13-. The SMILES string of the molecule is CC1=C(/C=C/C(C)=C\C=C\C(C)=C/C=O)C(C)(C)CCC1. The zero-order valence-electron chi connectivity index (χ0n) is 14.1. The van der Waals surface area contributed by atoms with Crippen molar-refractivity contribution in [1.29, 1.82) is 0 Å². The second kappa shape index (κ2) is 7.97. The molecule has 1 aliphatic carbocycles. The smallest absolute Gasteiger partial charge is 0.143 e. The minimum absolute atomic E-state index is 0.290. The van der Waals surface area contributed by atoms with E-state index in [1.165, 1.54) is 36.0 Å². The molecule has 114 valence electrons. The molecule has 1 aliphatic rings. The molecule has 1 rings (SSSR count). The average molecular weight is 284 g/mol. The molecule has 0 saturated heterocycles. The highest BCUT2D eigenvalue weighted by Crippen LogP contribution is 2.40. The summed E-state index contributed by atoms with van der Waals surface area (Å²) in [7, 11) is 0. The molecule has 21 heavy (non-hydrogen) atoms. The molecule has 0 aromatic heterocycles. The van der Waals surface area contributed by atoms with Gasteiger partial charge in [0.15, 0.2) is 0 Å². The van der Waals surface area contributed by atoms with Gasteiger partial charge in [0, 0.05) is 0 Å². The Morgan fingerprint density at radius 3 is 2.38 bits per heavy atom. The second-order valence-corrected chi connectivity index (χ2v) is 6.58. The molecule has 0 N–H and O–H groups in total. The van der Waals surface area contributed by atoms with Gasteiger partial charge in [-0.1, -0.05) is 55.4 Å². The number of hydrogen-bond acceptors (Lipinski definition) is 1. The quantitative estimate of drug-likeness (QED) is 0.358. The summed E-state index contributed by atoms with van der Waals surface area (Å²) in [4.78, 5) is 10.3. The topological polar surface area (TPSA) is 17.1 Å². The Morgan fingerprint density at radius 1 is 1.10 bits per heavy atom. The van der Waals surface area contributed by atoms with Crippen molar-refractivity contribution >= 4 is 6.29 Å². The number of allylic oxidation sites excluding steroid dienone is 10. The molecule has 0 spiro atoms. The van der Waals surface area contributed by atoms with Crippen molar-refractivity contribution in [1.82, 2.24) is 0 Å². The van der Waals surface area contributed by atoms with E-state index in [2.05, 4.69) is 45.9 Å². The number of aldehydes is 1. The molecule has 1 heteroatoms. The third-order valence-electron chi connectivity index (χ3n) is 4.10. The van der Waals surface area contributed by atoms with Crippen molar-refractivity contribution < 1.29 is 4.79 Å². The van der Waals surface area contributed by atoms with Crippen LogP contribution in [0.3, 0.4) is 0 Å². The minimum atomic E-state index is 0.290. The van der Waals surface area contributed by atoms with Crippen LogP contribution in [0, 0.1) is 5.41 Å². The molecule has 0 atom stereocenters. The number of hydrogen-bond donors (Lipinski definition) is 0. The van der Waals surface area contributed by atoms with Gasteiger partial charge in [-0.3, -0.25) is 4.79 Å². The highest BCUT2D eigenvalue weighted by molar-refractivity contribution is 5.66. The van der Waals surface area contributed by atoms with Gasteiger partial charge in [-0.2, -0.15) is 0 Å². The summed E-state index contributed by atoms with van der Waals surface area (Å²) in [6.07, 6.45) is 16.6. The first-order chi connectivity index (χ1) is 9.86. The van der Waals surface area contributed by atoms with Crippen LogP contribution in [0.4, 0.5) is 0 Å². The molecule has 0 fully saturated rings. The third kappa shape index (κ3) is 5.71. The zero-order chi connectivity index (χ0) is 15.9. The maximum absolute atomic E-state index is 10.3. The molecule has 0 unspecified atom stereocenters. The van der Waals surface area contributed by atoms with Crippen LogP contribution < -0.4 is 0 Å². The molecular weight excluding hydrogens is 256 g/mol. The lowest BCUT2D eigenvalue weighted by atomic mass is 9.72. The molecule has 0 amide bonds. The normalized spacial score (nSPS) is 20.6. The maximum Gasteiger partial charge on any atom is 0.143 e. The van der Waals surface area contributed by atoms with Gasteiger partial charge in [-0.25, -0.2) is 0 Å². The largest absolute Gasteiger partial charge is 0.299 e. The van der Waals surface area contributed by atoms with E-state index >= 15 is 0 Å². The molecule has 0 aliphatic heterocycles. The van der Waals surface area contributed by atoms with Gasteiger partial charge in [0.2, 0.25) is 0 Å². The van der Waals surface area contributed by atoms with E-state index in [0.29, 0.717) is 0 Å². The van der Waals surface area contributed by atoms with Gasteiger partial charge in [0.05, 0.1) is 0 Å². The maximum atomic E-state index is 10.3. The highest BCUT2D eigenvalue weighted by atomic mass is 16.1. The van der Waals surface area contributed by atoms with Crippen molar-refractivity contribution in [2.75, 3.05) is 0 Å². The van der Waals surface area contributed by atoms with Gasteiger partial charge in [0.25, 0.3) is 0 Å². The molecule has 0 aromatic rings. The van der Waals surface area contributed by atoms with E-state index < -0.39 is 0 Å².